The molecule has 0 bridgehead atoms. The number of benzene rings is 1. The number of hydrogen-bond donors (Lipinski definition) is 2. The number of carboxylic acids is 1. The maximum absolute atomic E-state index is 13.5. The van der Waals surface area contributed by atoms with Crippen molar-refractivity contribution < 1.29 is 14.3 Å². The largest absolute Gasteiger partial charge is 0.481 e. The van der Waals surface area contributed by atoms with E-state index in [0.29, 0.717) is 0 Å². The lowest BCUT2D eigenvalue weighted by molar-refractivity contribution is -0.138. The summed E-state index contributed by atoms with van der Waals surface area (Å²) in [5.41, 5.74) is 5.43. The van der Waals surface area contributed by atoms with E-state index in [9.17, 15) is 9.18 Å². The summed E-state index contributed by atoms with van der Waals surface area (Å²) in [5, 5.41) is 8.83. The van der Waals surface area contributed by atoms with Crippen LogP contribution in [0.15, 0.2) is 23.1 Å². The molecule has 0 heterocycles. The van der Waals surface area contributed by atoms with Crippen LogP contribution in [0.1, 0.15) is 11.5 Å². The van der Waals surface area contributed by atoms with Gasteiger partial charge in [0.15, 0.2) is 0 Å². The zero-order valence-electron chi connectivity index (χ0n) is 8.24. The molecule has 1 atom stereocenters. The molecule has 15 heavy (non-hydrogen) atoms. The van der Waals surface area contributed by atoms with Gasteiger partial charge >= 0.3 is 5.97 Å². The predicted molar refractivity (Wildman–Crippen MR) is 57.6 cm³/mol. The molecule has 0 spiro atoms. The number of halogens is 1. The Labute approximate surface area is 91.5 Å². The number of rotatable bonds is 4. The predicted octanol–water partition coefficient (Wildman–Crippen LogP) is 1.67. The molecular weight excluding hydrogens is 217 g/mol. The minimum Gasteiger partial charge on any atom is -0.481 e. The van der Waals surface area contributed by atoms with Gasteiger partial charge in [0, 0.05) is 17.0 Å². The summed E-state index contributed by atoms with van der Waals surface area (Å²) in [6.45, 7) is -0.106. The van der Waals surface area contributed by atoms with Gasteiger partial charge in [0.05, 0.1) is 5.92 Å². The van der Waals surface area contributed by atoms with E-state index in [0.717, 1.165) is 4.90 Å². The van der Waals surface area contributed by atoms with Crippen LogP contribution >= 0.6 is 11.8 Å². The summed E-state index contributed by atoms with van der Waals surface area (Å²) in [6, 6.07) is 4.49. The second-order valence-corrected chi connectivity index (χ2v) is 3.89. The molecule has 0 saturated carbocycles. The fraction of sp³-hybridized carbons (Fsp3) is 0.300. The van der Waals surface area contributed by atoms with Crippen molar-refractivity contribution in [1.82, 2.24) is 0 Å². The molecule has 82 valence electrons. The van der Waals surface area contributed by atoms with Gasteiger partial charge in [-0.25, -0.2) is 4.39 Å². The Hall–Kier alpha value is -1.07. The van der Waals surface area contributed by atoms with E-state index in [-0.39, 0.29) is 12.1 Å². The van der Waals surface area contributed by atoms with Crippen molar-refractivity contribution >= 4 is 17.7 Å². The van der Waals surface area contributed by atoms with Gasteiger partial charge in [0.25, 0.3) is 0 Å². The first kappa shape index (κ1) is 12.0. The van der Waals surface area contributed by atoms with Gasteiger partial charge in [-0.1, -0.05) is 6.07 Å². The summed E-state index contributed by atoms with van der Waals surface area (Å²) < 4.78 is 13.5. The Morgan fingerprint density at radius 3 is 2.73 bits per heavy atom. The SMILES string of the molecule is CSc1ccc(C(CN)C(=O)O)c(F)c1. The topological polar surface area (TPSA) is 63.3 Å². The molecule has 0 aliphatic heterocycles. The standard InChI is InChI=1S/C10H12FNO2S/c1-15-6-2-3-7(9(11)4-6)8(5-12)10(13)14/h2-4,8H,5,12H2,1H3,(H,13,14). The fourth-order valence-electron chi connectivity index (χ4n) is 1.28. The first-order chi connectivity index (χ1) is 7.10. The van der Waals surface area contributed by atoms with Crippen LogP contribution < -0.4 is 5.73 Å². The molecule has 0 aliphatic carbocycles. The lowest BCUT2D eigenvalue weighted by atomic mass is 9.99. The Morgan fingerprint density at radius 2 is 2.33 bits per heavy atom. The van der Waals surface area contributed by atoms with Crippen LogP contribution in [-0.2, 0) is 4.79 Å². The van der Waals surface area contributed by atoms with Gasteiger partial charge in [-0.05, 0) is 18.4 Å². The van der Waals surface area contributed by atoms with Gasteiger partial charge in [0.1, 0.15) is 5.82 Å². The maximum atomic E-state index is 13.5. The summed E-state index contributed by atoms with van der Waals surface area (Å²) in [6.07, 6.45) is 1.83. The van der Waals surface area contributed by atoms with Gasteiger partial charge in [-0.3, -0.25) is 4.79 Å². The monoisotopic (exact) mass is 229 g/mol. The molecule has 0 aliphatic rings. The fourth-order valence-corrected chi connectivity index (χ4v) is 1.70. The van der Waals surface area contributed by atoms with Crippen molar-refractivity contribution in [3.63, 3.8) is 0 Å². The van der Waals surface area contributed by atoms with Gasteiger partial charge in [-0.15, -0.1) is 11.8 Å². The summed E-state index contributed by atoms with van der Waals surface area (Å²) in [7, 11) is 0. The quantitative estimate of drug-likeness (QED) is 0.771. The highest BCUT2D eigenvalue weighted by Gasteiger charge is 2.21. The number of carboxylic acid groups (broad SMARTS) is 1. The van der Waals surface area contributed by atoms with E-state index in [4.69, 9.17) is 10.8 Å². The van der Waals surface area contributed by atoms with E-state index in [1.54, 1.807) is 6.07 Å². The van der Waals surface area contributed by atoms with Gasteiger partial charge in [0.2, 0.25) is 0 Å². The van der Waals surface area contributed by atoms with E-state index in [1.807, 2.05) is 6.26 Å². The smallest absolute Gasteiger partial charge is 0.312 e. The second-order valence-electron chi connectivity index (χ2n) is 3.01. The summed E-state index contributed by atoms with van der Waals surface area (Å²) >= 11 is 1.40. The van der Waals surface area contributed by atoms with E-state index < -0.39 is 17.7 Å². The van der Waals surface area contributed by atoms with Crippen molar-refractivity contribution in [2.45, 2.75) is 10.8 Å². The first-order valence-corrected chi connectivity index (χ1v) is 5.59. The number of thioether (sulfide) groups is 1. The van der Waals surface area contributed by atoms with Crippen molar-refractivity contribution in [3.05, 3.63) is 29.6 Å². The molecule has 0 amide bonds. The third-order valence-corrected chi connectivity index (χ3v) is 2.84. The number of aliphatic carboxylic acids is 1. The Morgan fingerprint density at radius 1 is 1.67 bits per heavy atom. The molecule has 1 aromatic rings. The third kappa shape index (κ3) is 2.70. The maximum Gasteiger partial charge on any atom is 0.312 e. The van der Waals surface area contributed by atoms with Gasteiger partial charge in [-0.2, -0.15) is 0 Å². The highest BCUT2D eigenvalue weighted by atomic mass is 32.2. The molecule has 0 fully saturated rings. The number of nitrogens with two attached hydrogens (primary N) is 1. The van der Waals surface area contributed by atoms with Crippen LogP contribution in [0.3, 0.4) is 0 Å². The van der Waals surface area contributed by atoms with Crippen molar-refractivity contribution in [2.75, 3.05) is 12.8 Å². The van der Waals surface area contributed by atoms with Crippen molar-refractivity contribution in [2.24, 2.45) is 5.73 Å². The highest BCUT2D eigenvalue weighted by molar-refractivity contribution is 7.98. The van der Waals surface area contributed by atoms with Crippen molar-refractivity contribution in [3.8, 4) is 0 Å². The Bertz CT molecular complexity index is 370. The van der Waals surface area contributed by atoms with Crippen LogP contribution in [0.4, 0.5) is 4.39 Å². The first-order valence-electron chi connectivity index (χ1n) is 4.36. The van der Waals surface area contributed by atoms with E-state index in [2.05, 4.69) is 0 Å². The molecular formula is C10H12FNO2S. The molecule has 1 aromatic carbocycles. The third-order valence-electron chi connectivity index (χ3n) is 2.12. The molecule has 0 aromatic heterocycles. The van der Waals surface area contributed by atoms with Crippen LogP contribution in [0.5, 0.6) is 0 Å². The Kier molecular flexibility index (Phi) is 4.11. The van der Waals surface area contributed by atoms with E-state index in [1.165, 1.54) is 23.9 Å². The highest BCUT2D eigenvalue weighted by Crippen LogP contribution is 2.23. The lowest BCUT2D eigenvalue weighted by Crippen LogP contribution is -2.22. The molecule has 0 radical (unpaired) electrons. The minimum atomic E-state index is -1.10. The average molecular weight is 229 g/mol. The van der Waals surface area contributed by atoms with Gasteiger partial charge < -0.3 is 10.8 Å². The van der Waals surface area contributed by atoms with Crippen LogP contribution in [0.2, 0.25) is 0 Å². The minimum absolute atomic E-state index is 0.106. The Balaban J connectivity index is 3.08. The molecule has 3 N–H and O–H groups in total. The lowest BCUT2D eigenvalue weighted by Gasteiger charge is -2.11. The number of hydrogen-bond acceptors (Lipinski definition) is 3. The normalized spacial score (nSPS) is 12.5. The van der Waals surface area contributed by atoms with Crippen LogP contribution in [0, 0.1) is 5.82 Å². The molecule has 1 unspecified atom stereocenters. The van der Waals surface area contributed by atoms with Crippen LogP contribution in [0.25, 0.3) is 0 Å². The second kappa shape index (κ2) is 5.14. The van der Waals surface area contributed by atoms with Crippen molar-refractivity contribution in [1.29, 1.82) is 0 Å². The zero-order valence-corrected chi connectivity index (χ0v) is 9.05. The molecule has 1 rings (SSSR count). The molecule has 5 heteroatoms. The molecule has 3 nitrogen and oxygen atoms in total. The number of carbonyl (C=O) groups is 1. The van der Waals surface area contributed by atoms with Crippen LogP contribution in [-0.4, -0.2) is 23.9 Å². The average Bonchev–Trinajstić information content (AvgIpc) is 2.20. The zero-order chi connectivity index (χ0) is 11.4. The molecule has 0 saturated heterocycles. The summed E-state index contributed by atoms with van der Waals surface area (Å²) in [5.74, 6) is -2.59. The van der Waals surface area contributed by atoms with E-state index >= 15 is 0 Å². The summed E-state index contributed by atoms with van der Waals surface area (Å²) in [4.78, 5) is 11.5.